The first-order valence-corrected chi connectivity index (χ1v) is 10.5. The molecule has 2 aromatic rings. The molecule has 1 atom stereocenters. The number of nitrogens with zero attached hydrogens (tertiary/aromatic N) is 1. The van der Waals surface area contributed by atoms with E-state index in [2.05, 4.69) is 0 Å². The first kappa shape index (κ1) is 19.9. The lowest BCUT2D eigenvalue weighted by molar-refractivity contribution is -0.0655. The van der Waals surface area contributed by atoms with E-state index in [1.807, 2.05) is 58.0 Å². The molecule has 5 nitrogen and oxygen atoms in total. The SMILES string of the molecule is COc1cc(C)c(C)cc1S(=O)(=O)N1CC(c2ccccc2)OCC1(C)C. The van der Waals surface area contributed by atoms with Gasteiger partial charge in [0.15, 0.2) is 0 Å². The Bertz CT molecular complexity index is 923. The molecular weight excluding hydrogens is 362 g/mol. The number of methoxy groups -OCH3 is 1. The van der Waals surface area contributed by atoms with E-state index in [0.717, 1.165) is 16.7 Å². The lowest BCUT2D eigenvalue weighted by Gasteiger charge is -2.44. The second-order valence-electron chi connectivity index (χ2n) is 7.65. The number of hydrogen-bond donors (Lipinski definition) is 0. The van der Waals surface area contributed by atoms with Gasteiger partial charge in [-0.2, -0.15) is 4.31 Å². The molecule has 1 unspecified atom stereocenters. The zero-order valence-corrected chi connectivity index (χ0v) is 17.3. The predicted molar refractivity (Wildman–Crippen MR) is 106 cm³/mol. The minimum absolute atomic E-state index is 0.204. The van der Waals surface area contributed by atoms with E-state index in [-0.39, 0.29) is 17.5 Å². The lowest BCUT2D eigenvalue weighted by atomic mass is 10.0. The molecule has 1 saturated heterocycles. The van der Waals surface area contributed by atoms with Crippen molar-refractivity contribution in [3.05, 3.63) is 59.2 Å². The summed E-state index contributed by atoms with van der Waals surface area (Å²) in [5.74, 6) is 0.372. The zero-order chi connectivity index (χ0) is 19.8. The van der Waals surface area contributed by atoms with Gasteiger partial charge in [-0.25, -0.2) is 8.42 Å². The van der Waals surface area contributed by atoms with Crippen LogP contribution in [0.3, 0.4) is 0 Å². The first-order chi connectivity index (χ1) is 12.7. The summed E-state index contributed by atoms with van der Waals surface area (Å²) in [6.07, 6.45) is -0.299. The van der Waals surface area contributed by atoms with Gasteiger partial charge in [-0.3, -0.25) is 0 Å². The number of rotatable bonds is 4. The Labute approximate surface area is 162 Å². The van der Waals surface area contributed by atoms with Gasteiger partial charge in [0.2, 0.25) is 10.0 Å². The maximum absolute atomic E-state index is 13.6. The molecular formula is C21H27NO4S. The standard InChI is InChI=1S/C21H27NO4S/c1-15-11-18(25-5)20(12-16(15)2)27(23,24)22-13-19(26-14-21(22,3)4)17-9-7-6-8-10-17/h6-12,19H,13-14H2,1-5H3. The quantitative estimate of drug-likeness (QED) is 0.797. The third kappa shape index (κ3) is 3.74. The minimum Gasteiger partial charge on any atom is -0.495 e. The molecule has 0 N–H and O–H groups in total. The molecule has 0 saturated carbocycles. The highest BCUT2D eigenvalue weighted by molar-refractivity contribution is 7.89. The van der Waals surface area contributed by atoms with Crippen LogP contribution in [0.25, 0.3) is 0 Å². The molecule has 0 aromatic heterocycles. The topological polar surface area (TPSA) is 55.8 Å². The minimum atomic E-state index is -3.76. The number of sulfonamides is 1. The summed E-state index contributed by atoms with van der Waals surface area (Å²) >= 11 is 0. The Balaban J connectivity index is 2.05. The van der Waals surface area contributed by atoms with Gasteiger partial charge >= 0.3 is 0 Å². The molecule has 0 bridgehead atoms. The van der Waals surface area contributed by atoms with Crippen molar-refractivity contribution >= 4 is 10.0 Å². The molecule has 1 aliphatic rings. The molecule has 0 aliphatic carbocycles. The van der Waals surface area contributed by atoms with Crippen molar-refractivity contribution in [1.29, 1.82) is 0 Å². The van der Waals surface area contributed by atoms with Crippen LogP contribution in [0.2, 0.25) is 0 Å². The van der Waals surface area contributed by atoms with E-state index in [1.54, 1.807) is 16.4 Å². The zero-order valence-electron chi connectivity index (χ0n) is 16.5. The molecule has 0 radical (unpaired) electrons. The number of hydrogen-bond acceptors (Lipinski definition) is 4. The predicted octanol–water partition coefficient (Wildman–Crippen LogP) is 3.85. The van der Waals surface area contributed by atoms with E-state index in [9.17, 15) is 8.42 Å². The van der Waals surface area contributed by atoms with Crippen LogP contribution in [0.1, 0.15) is 36.6 Å². The van der Waals surface area contributed by atoms with E-state index >= 15 is 0 Å². The fourth-order valence-corrected chi connectivity index (χ4v) is 5.36. The van der Waals surface area contributed by atoms with Crippen molar-refractivity contribution in [2.75, 3.05) is 20.3 Å². The normalized spacial score (nSPS) is 20.4. The van der Waals surface area contributed by atoms with Crippen LogP contribution in [-0.2, 0) is 14.8 Å². The van der Waals surface area contributed by atoms with Crippen LogP contribution in [0.15, 0.2) is 47.4 Å². The highest BCUT2D eigenvalue weighted by atomic mass is 32.2. The molecule has 1 heterocycles. The van der Waals surface area contributed by atoms with Gasteiger partial charge in [0.25, 0.3) is 0 Å². The third-order valence-corrected chi connectivity index (χ3v) is 7.26. The molecule has 0 spiro atoms. The van der Waals surface area contributed by atoms with Crippen molar-refractivity contribution in [1.82, 2.24) is 4.31 Å². The number of morpholine rings is 1. The van der Waals surface area contributed by atoms with Crippen LogP contribution in [0, 0.1) is 13.8 Å². The fraction of sp³-hybridized carbons (Fsp3) is 0.429. The van der Waals surface area contributed by atoms with Gasteiger partial charge in [0.05, 0.1) is 25.4 Å². The largest absolute Gasteiger partial charge is 0.495 e. The van der Waals surface area contributed by atoms with Gasteiger partial charge in [0, 0.05) is 6.54 Å². The summed E-state index contributed by atoms with van der Waals surface area (Å²) in [7, 11) is -2.26. The molecule has 0 amide bonds. The van der Waals surface area contributed by atoms with E-state index in [1.165, 1.54) is 7.11 Å². The average Bonchev–Trinajstić information content (AvgIpc) is 2.63. The van der Waals surface area contributed by atoms with Crippen LogP contribution in [-0.4, -0.2) is 38.5 Å². The number of ether oxygens (including phenoxy) is 2. The smallest absolute Gasteiger partial charge is 0.247 e. The Morgan fingerprint density at radius 1 is 1.11 bits per heavy atom. The average molecular weight is 390 g/mol. The maximum Gasteiger partial charge on any atom is 0.247 e. The summed E-state index contributed by atoms with van der Waals surface area (Å²) in [4.78, 5) is 0.204. The first-order valence-electron chi connectivity index (χ1n) is 9.01. The van der Waals surface area contributed by atoms with E-state index < -0.39 is 15.6 Å². The summed E-state index contributed by atoms with van der Waals surface area (Å²) < 4.78 is 40.2. The van der Waals surface area contributed by atoms with Crippen LogP contribution in [0.4, 0.5) is 0 Å². The van der Waals surface area contributed by atoms with Crippen molar-refractivity contribution in [2.45, 2.75) is 44.2 Å². The number of benzene rings is 2. The Morgan fingerprint density at radius 2 is 1.74 bits per heavy atom. The fourth-order valence-electron chi connectivity index (χ4n) is 3.36. The Hall–Kier alpha value is -1.89. The maximum atomic E-state index is 13.6. The summed E-state index contributed by atoms with van der Waals surface area (Å²) in [6, 6.07) is 13.2. The second kappa shape index (κ2) is 7.26. The van der Waals surface area contributed by atoms with Crippen molar-refractivity contribution in [2.24, 2.45) is 0 Å². The van der Waals surface area contributed by atoms with Gasteiger partial charge in [0.1, 0.15) is 10.6 Å². The monoisotopic (exact) mass is 389 g/mol. The van der Waals surface area contributed by atoms with Crippen molar-refractivity contribution in [3.63, 3.8) is 0 Å². The number of aryl methyl sites for hydroxylation is 2. The van der Waals surface area contributed by atoms with E-state index in [0.29, 0.717) is 12.4 Å². The highest BCUT2D eigenvalue weighted by Crippen LogP contribution is 2.37. The van der Waals surface area contributed by atoms with Crippen LogP contribution >= 0.6 is 0 Å². The molecule has 2 aromatic carbocycles. The summed E-state index contributed by atoms with van der Waals surface area (Å²) in [5, 5.41) is 0. The van der Waals surface area contributed by atoms with Crippen LogP contribution < -0.4 is 4.74 Å². The van der Waals surface area contributed by atoms with Gasteiger partial charge in [-0.15, -0.1) is 0 Å². The molecule has 3 rings (SSSR count). The van der Waals surface area contributed by atoms with Crippen molar-refractivity contribution in [3.8, 4) is 5.75 Å². The molecule has 27 heavy (non-hydrogen) atoms. The second-order valence-corrected chi connectivity index (χ2v) is 9.48. The van der Waals surface area contributed by atoms with Gasteiger partial charge in [-0.05, 0) is 56.5 Å². The van der Waals surface area contributed by atoms with Gasteiger partial charge < -0.3 is 9.47 Å². The van der Waals surface area contributed by atoms with Crippen molar-refractivity contribution < 1.29 is 17.9 Å². The van der Waals surface area contributed by atoms with E-state index in [4.69, 9.17) is 9.47 Å². The van der Waals surface area contributed by atoms with Gasteiger partial charge in [-0.1, -0.05) is 30.3 Å². The lowest BCUT2D eigenvalue weighted by Crippen LogP contribution is -2.56. The Morgan fingerprint density at radius 3 is 2.37 bits per heavy atom. The molecule has 6 heteroatoms. The summed E-state index contributed by atoms with van der Waals surface area (Å²) in [6.45, 7) is 8.20. The Kier molecular flexibility index (Phi) is 5.34. The highest BCUT2D eigenvalue weighted by Gasteiger charge is 2.44. The molecule has 146 valence electrons. The summed E-state index contributed by atoms with van der Waals surface area (Å²) in [5.41, 5.74) is 2.22. The third-order valence-electron chi connectivity index (χ3n) is 5.16. The molecule has 1 aliphatic heterocycles. The molecule has 1 fully saturated rings. The van der Waals surface area contributed by atoms with Crippen LogP contribution in [0.5, 0.6) is 5.75 Å².